The number of anilines is 2. The van der Waals surface area contributed by atoms with E-state index in [1.165, 1.54) is 0 Å². The Hall–Kier alpha value is -2.01. The molecule has 3 N–H and O–H groups in total. The molecule has 0 unspecified atom stereocenters. The summed E-state index contributed by atoms with van der Waals surface area (Å²) in [5, 5.41) is 1.49. The van der Waals surface area contributed by atoms with Crippen molar-refractivity contribution in [3.8, 4) is 0 Å². The Bertz CT molecular complexity index is 699. The third-order valence-corrected chi connectivity index (χ3v) is 4.44. The van der Waals surface area contributed by atoms with E-state index in [0.29, 0.717) is 17.1 Å². The lowest BCUT2D eigenvalue weighted by molar-refractivity contribution is 0.249. The van der Waals surface area contributed by atoms with Gasteiger partial charge in [-0.05, 0) is 45.1 Å². The molecular weight excluding hydrogens is 264 g/mol. The van der Waals surface area contributed by atoms with Crippen molar-refractivity contribution in [1.29, 1.82) is 0 Å². The Morgan fingerprint density at radius 1 is 1.24 bits per heavy atom. The van der Waals surface area contributed by atoms with E-state index in [2.05, 4.69) is 28.9 Å². The van der Waals surface area contributed by atoms with Gasteiger partial charge in [0.2, 0.25) is 0 Å². The minimum absolute atomic E-state index is 0.0652. The van der Waals surface area contributed by atoms with Crippen molar-refractivity contribution in [2.75, 3.05) is 37.8 Å². The van der Waals surface area contributed by atoms with E-state index >= 15 is 0 Å². The molecule has 5 heteroatoms. The van der Waals surface area contributed by atoms with Crippen molar-refractivity contribution in [2.45, 2.75) is 18.9 Å². The summed E-state index contributed by atoms with van der Waals surface area (Å²) < 4.78 is 0. The number of nitrogens with one attached hydrogen (secondary N) is 1. The number of benzene rings is 1. The average Bonchev–Trinajstić information content (AvgIpc) is 2.48. The molecule has 1 aromatic carbocycles. The number of piperidine rings is 1. The minimum atomic E-state index is -0.0652. The molecule has 2 aromatic rings. The topological polar surface area (TPSA) is 65.4 Å². The number of aromatic nitrogens is 1. The summed E-state index contributed by atoms with van der Waals surface area (Å²) in [5.41, 5.74) is 6.60. The molecule has 0 atom stereocenters. The zero-order chi connectivity index (χ0) is 15.0. The molecule has 1 aromatic heterocycles. The van der Waals surface area contributed by atoms with Gasteiger partial charge in [-0.25, -0.2) is 0 Å². The van der Waals surface area contributed by atoms with Crippen molar-refractivity contribution < 1.29 is 0 Å². The lowest BCUT2D eigenvalue weighted by Crippen LogP contribution is -2.42. The van der Waals surface area contributed by atoms with Crippen LogP contribution in [-0.4, -0.2) is 43.1 Å². The van der Waals surface area contributed by atoms with Crippen molar-refractivity contribution in [3.05, 3.63) is 34.6 Å². The number of nitrogens with zero attached hydrogens (tertiary/aromatic N) is 2. The van der Waals surface area contributed by atoms with Crippen LogP contribution < -0.4 is 16.2 Å². The van der Waals surface area contributed by atoms with E-state index in [4.69, 9.17) is 5.73 Å². The van der Waals surface area contributed by atoms with Gasteiger partial charge in [-0.3, -0.25) is 4.79 Å². The minimum Gasteiger partial charge on any atom is -0.398 e. The molecule has 1 saturated heterocycles. The maximum Gasteiger partial charge on any atom is 0.257 e. The van der Waals surface area contributed by atoms with Gasteiger partial charge in [0.1, 0.15) is 5.82 Å². The predicted octanol–water partition coefficient (Wildman–Crippen LogP) is 1.64. The average molecular weight is 286 g/mol. The van der Waals surface area contributed by atoms with Crippen molar-refractivity contribution >= 4 is 22.3 Å². The van der Waals surface area contributed by atoms with Gasteiger partial charge in [0.25, 0.3) is 5.56 Å². The molecule has 0 saturated carbocycles. The molecule has 1 fully saturated rings. The fourth-order valence-electron chi connectivity index (χ4n) is 3.09. The summed E-state index contributed by atoms with van der Waals surface area (Å²) >= 11 is 0. The highest BCUT2D eigenvalue weighted by Gasteiger charge is 2.21. The lowest BCUT2D eigenvalue weighted by atomic mass is 10.0. The Morgan fingerprint density at radius 3 is 2.62 bits per heavy atom. The number of hydrogen-bond donors (Lipinski definition) is 2. The first kappa shape index (κ1) is 13.9. The molecule has 2 heterocycles. The first-order valence-electron chi connectivity index (χ1n) is 7.39. The third-order valence-electron chi connectivity index (χ3n) is 4.44. The first-order chi connectivity index (χ1) is 10.1. The molecule has 0 aliphatic carbocycles. The van der Waals surface area contributed by atoms with Crippen molar-refractivity contribution in [1.82, 2.24) is 9.88 Å². The highest BCUT2D eigenvalue weighted by atomic mass is 16.1. The summed E-state index contributed by atoms with van der Waals surface area (Å²) in [6.45, 7) is 1.91. The number of hydrogen-bond acceptors (Lipinski definition) is 4. The molecule has 0 bridgehead atoms. The van der Waals surface area contributed by atoms with Crippen LogP contribution in [0.4, 0.5) is 11.5 Å². The van der Waals surface area contributed by atoms with E-state index in [0.717, 1.165) is 37.1 Å². The Morgan fingerprint density at radius 2 is 1.95 bits per heavy atom. The second kappa shape index (κ2) is 5.41. The van der Waals surface area contributed by atoms with Crippen LogP contribution in [0.2, 0.25) is 0 Å². The van der Waals surface area contributed by atoms with Gasteiger partial charge in [-0.15, -0.1) is 0 Å². The second-order valence-electron chi connectivity index (χ2n) is 5.97. The molecule has 0 radical (unpaired) electrons. The van der Waals surface area contributed by atoms with Gasteiger partial charge in [0.05, 0.1) is 0 Å². The van der Waals surface area contributed by atoms with E-state index in [1.807, 2.05) is 24.3 Å². The smallest absolute Gasteiger partial charge is 0.257 e. The number of nitrogen functional groups attached to an aromatic ring is 1. The van der Waals surface area contributed by atoms with Crippen LogP contribution in [-0.2, 0) is 0 Å². The Kier molecular flexibility index (Phi) is 3.59. The van der Waals surface area contributed by atoms with Crippen LogP contribution in [0.1, 0.15) is 12.8 Å². The highest BCUT2D eigenvalue weighted by Crippen LogP contribution is 2.24. The standard InChI is InChI=1S/C16H22N4O/c1-19(2)11-6-8-20(9-7-11)15-10-13-12(16(21)18-15)4-3-5-14(13)17/h3-5,10-11H,6-9,17H2,1-2H3,(H,18,21). The molecule has 1 aliphatic heterocycles. The van der Waals surface area contributed by atoms with Gasteiger partial charge < -0.3 is 20.5 Å². The fraction of sp³-hybridized carbons (Fsp3) is 0.438. The fourth-order valence-corrected chi connectivity index (χ4v) is 3.09. The van der Waals surface area contributed by atoms with E-state index < -0.39 is 0 Å². The Balaban J connectivity index is 1.92. The van der Waals surface area contributed by atoms with E-state index in [9.17, 15) is 4.79 Å². The summed E-state index contributed by atoms with van der Waals surface area (Å²) in [6.07, 6.45) is 2.22. The van der Waals surface area contributed by atoms with Crippen LogP contribution in [0.5, 0.6) is 0 Å². The SMILES string of the molecule is CN(C)C1CCN(c2cc3c(N)cccc3c(=O)[nH]2)CC1. The quantitative estimate of drug-likeness (QED) is 0.824. The van der Waals surface area contributed by atoms with Crippen LogP contribution in [0.15, 0.2) is 29.1 Å². The van der Waals surface area contributed by atoms with E-state index in [1.54, 1.807) is 0 Å². The third kappa shape index (κ3) is 2.61. The maximum absolute atomic E-state index is 12.2. The molecule has 21 heavy (non-hydrogen) atoms. The number of aromatic amines is 1. The maximum atomic E-state index is 12.2. The molecular formula is C16H22N4O. The monoisotopic (exact) mass is 286 g/mol. The van der Waals surface area contributed by atoms with Crippen LogP contribution in [0, 0.1) is 0 Å². The second-order valence-corrected chi connectivity index (χ2v) is 5.97. The highest BCUT2D eigenvalue weighted by molar-refractivity contribution is 5.93. The van der Waals surface area contributed by atoms with Gasteiger partial charge in [-0.2, -0.15) is 0 Å². The molecule has 0 amide bonds. The number of H-pyrrole nitrogens is 1. The van der Waals surface area contributed by atoms with Crippen molar-refractivity contribution in [3.63, 3.8) is 0 Å². The Labute approximate surface area is 124 Å². The number of nitrogens with two attached hydrogens (primary N) is 1. The predicted molar refractivity (Wildman–Crippen MR) is 87.9 cm³/mol. The first-order valence-corrected chi connectivity index (χ1v) is 7.39. The van der Waals surface area contributed by atoms with E-state index in [-0.39, 0.29) is 5.56 Å². The number of pyridine rings is 1. The van der Waals surface area contributed by atoms with Crippen LogP contribution in [0.25, 0.3) is 10.8 Å². The van der Waals surface area contributed by atoms with Gasteiger partial charge in [0, 0.05) is 35.6 Å². The normalized spacial score (nSPS) is 16.8. The van der Waals surface area contributed by atoms with Gasteiger partial charge in [0.15, 0.2) is 0 Å². The molecule has 0 spiro atoms. The summed E-state index contributed by atoms with van der Waals surface area (Å²) in [5.74, 6) is 0.877. The molecule has 5 nitrogen and oxygen atoms in total. The van der Waals surface area contributed by atoms with Crippen LogP contribution in [0.3, 0.4) is 0 Å². The molecule has 1 aliphatic rings. The number of rotatable bonds is 2. The largest absolute Gasteiger partial charge is 0.398 e. The summed E-state index contributed by atoms with van der Waals surface area (Å²) in [6, 6.07) is 8.09. The van der Waals surface area contributed by atoms with Crippen LogP contribution >= 0.6 is 0 Å². The summed E-state index contributed by atoms with van der Waals surface area (Å²) in [4.78, 5) is 19.7. The summed E-state index contributed by atoms with van der Waals surface area (Å²) in [7, 11) is 4.25. The number of fused-ring (bicyclic) bond motifs is 1. The zero-order valence-corrected chi connectivity index (χ0v) is 12.6. The lowest BCUT2D eigenvalue weighted by Gasteiger charge is -2.36. The van der Waals surface area contributed by atoms with Crippen molar-refractivity contribution in [2.24, 2.45) is 0 Å². The van der Waals surface area contributed by atoms with Gasteiger partial charge >= 0.3 is 0 Å². The molecule has 3 rings (SSSR count). The molecule has 112 valence electrons. The van der Waals surface area contributed by atoms with Gasteiger partial charge in [-0.1, -0.05) is 6.07 Å². The zero-order valence-electron chi connectivity index (χ0n) is 12.6.